The minimum atomic E-state index is -0.0553. The monoisotopic (exact) mass is 504 g/mol. The van der Waals surface area contributed by atoms with Crippen molar-refractivity contribution in [1.82, 2.24) is 19.5 Å². The van der Waals surface area contributed by atoms with Crippen LogP contribution in [0.25, 0.3) is 55.7 Å². The van der Waals surface area contributed by atoms with Crippen LogP contribution in [0.1, 0.15) is 18.7 Å². The van der Waals surface area contributed by atoms with Crippen molar-refractivity contribution in [2.24, 2.45) is 0 Å². The summed E-state index contributed by atoms with van der Waals surface area (Å²) < 4.78 is 1.79. The van der Waals surface area contributed by atoms with Crippen molar-refractivity contribution in [3.8, 4) is 28.5 Å². The van der Waals surface area contributed by atoms with E-state index in [2.05, 4.69) is 24.3 Å². The minimum absolute atomic E-state index is 0.0553. The number of nitrogens with zero attached hydrogens (tertiary/aromatic N) is 4. The number of hydrogen-bond acceptors (Lipinski definition) is 4. The molecule has 186 valence electrons. The van der Waals surface area contributed by atoms with Gasteiger partial charge in [0.1, 0.15) is 0 Å². The third-order valence-electron chi connectivity index (χ3n) is 7.08. The molecule has 2 aromatic heterocycles. The first-order valence-electron chi connectivity index (χ1n) is 13.1. The van der Waals surface area contributed by atoms with Crippen molar-refractivity contribution in [2.45, 2.75) is 12.8 Å². The van der Waals surface area contributed by atoms with E-state index in [0.29, 0.717) is 22.9 Å². The zero-order valence-corrected chi connectivity index (χ0v) is 21.2. The van der Waals surface area contributed by atoms with E-state index >= 15 is 0 Å². The first-order chi connectivity index (χ1) is 19.3. The summed E-state index contributed by atoms with van der Waals surface area (Å²) in [6.45, 7) is 0. The topological polar surface area (TPSA) is 60.7 Å². The molecule has 5 heteroatoms. The van der Waals surface area contributed by atoms with Crippen LogP contribution in [0, 0.1) is 0 Å². The Morgan fingerprint density at radius 2 is 1.26 bits per heavy atom. The number of hydrogen-bond donors (Lipinski definition) is 0. The lowest BCUT2D eigenvalue weighted by atomic mass is 10.1. The molecule has 0 fully saturated rings. The van der Waals surface area contributed by atoms with Crippen LogP contribution in [-0.2, 0) is 0 Å². The third-order valence-corrected chi connectivity index (χ3v) is 7.08. The van der Waals surface area contributed by atoms with Crippen LogP contribution in [0.15, 0.2) is 126 Å². The molecule has 0 spiro atoms. The Kier molecular flexibility index (Phi) is 5.67. The van der Waals surface area contributed by atoms with Gasteiger partial charge in [0.25, 0.3) is 5.56 Å². The van der Waals surface area contributed by atoms with Gasteiger partial charge in [0.05, 0.1) is 5.52 Å². The zero-order chi connectivity index (χ0) is 26.2. The summed E-state index contributed by atoms with van der Waals surface area (Å²) in [5, 5.41) is 2.67. The fourth-order valence-corrected chi connectivity index (χ4v) is 5.20. The molecule has 0 bridgehead atoms. The third kappa shape index (κ3) is 4.14. The highest BCUT2D eigenvalue weighted by molar-refractivity contribution is 6.06. The van der Waals surface area contributed by atoms with Crippen molar-refractivity contribution >= 4 is 27.2 Å². The van der Waals surface area contributed by atoms with Crippen molar-refractivity contribution in [2.75, 3.05) is 0 Å². The summed E-state index contributed by atoms with van der Waals surface area (Å²) in [6, 6.07) is 33.6. The number of para-hydroxylation sites is 1. The van der Waals surface area contributed by atoms with E-state index in [4.69, 9.17) is 15.0 Å². The smallest absolute Gasteiger partial charge is 0.263 e. The molecule has 0 amide bonds. The SMILES string of the molecule is O=c1c2ccccc2c2ccccc2n1-c1cccc(-c2nc(C3=CCCC=C3)nc(-c3ccccc3)n2)c1. The summed E-state index contributed by atoms with van der Waals surface area (Å²) in [5.41, 5.74) is 4.31. The average Bonchev–Trinajstić information content (AvgIpc) is 3.02. The standard InChI is InChI=1S/C34H24N4O/c39-34-29-20-8-7-18-27(29)28-19-9-10-21-30(28)38(34)26-17-11-16-25(22-26)33-36-31(23-12-3-1-4-13-23)35-32(37-33)24-14-5-2-6-15-24/h1,3-5,7-22H,2,6H2. The molecule has 6 aromatic rings. The Labute approximate surface area is 225 Å². The van der Waals surface area contributed by atoms with Gasteiger partial charge in [-0.1, -0.05) is 97.1 Å². The number of aromatic nitrogens is 4. The molecule has 5 nitrogen and oxygen atoms in total. The molecular weight excluding hydrogens is 480 g/mol. The lowest BCUT2D eigenvalue weighted by Gasteiger charge is -2.14. The Balaban J connectivity index is 1.44. The first-order valence-corrected chi connectivity index (χ1v) is 13.1. The van der Waals surface area contributed by atoms with E-state index in [9.17, 15) is 4.79 Å². The van der Waals surface area contributed by atoms with Crippen molar-refractivity contribution < 1.29 is 0 Å². The van der Waals surface area contributed by atoms with Gasteiger partial charge in [0.15, 0.2) is 17.5 Å². The van der Waals surface area contributed by atoms with E-state index in [1.807, 2.05) is 97.1 Å². The van der Waals surface area contributed by atoms with E-state index < -0.39 is 0 Å². The second-order valence-corrected chi connectivity index (χ2v) is 9.57. The van der Waals surface area contributed by atoms with Gasteiger partial charge >= 0.3 is 0 Å². The molecule has 7 rings (SSSR count). The van der Waals surface area contributed by atoms with Gasteiger partial charge in [-0.15, -0.1) is 0 Å². The quantitative estimate of drug-likeness (QED) is 0.235. The summed E-state index contributed by atoms with van der Waals surface area (Å²) in [6.07, 6.45) is 8.38. The second-order valence-electron chi connectivity index (χ2n) is 9.57. The largest absolute Gasteiger partial charge is 0.276 e. The highest BCUT2D eigenvalue weighted by atomic mass is 16.1. The van der Waals surface area contributed by atoms with Crippen LogP contribution < -0.4 is 5.56 Å². The highest BCUT2D eigenvalue weighted by Crippen LogP contribution is 2.28. The highest BCUT2D eigenvalue weighted by Gasteiger charge is 2.16. The lowest BCUT2D eigenvalue weighted by Crippen LogP contribution is -2.19. The molecule has 1 aliphatic rings. The van der Waals surface area contributed by atoms with Gasteiger partial charge in [-0.2, -0.15) is 0 Å². The molecule has 0 atom stereocenters. The molecule has 39 heavy (non-hydrogen) atoms. The van der Waals surface area contributed by atoms with Crippen molar-refractivity contribution in [3.05, 3.63) is 138 Å². The van der Waals surface area contributed by atoms with Crippen LogP contribution in [-0.4, -0.2) is 19.5 Å². The molecule has 0 N–H and O–H groups in total. The molecule has 0 radical (unpaired) electrons. The lowest BCUT2D eigenvalue weighted by molar-refractivity contribution is 1.00. The van der Waals surface area contributed by atoms with Gasteiger partial charge in [0, 0.05) is 33.2 Å². The van der Waals surface area contributed by atoms with Crippen molar-refractivity contribution in [1.29, 1.82) is 0 Å². The number of allylic oxidation sites excluding steroid dienone is 4. The summed E-state index contributed by atoms with van der Waals surface area (Å²) in [5.74, 6) is 1.83. The first kappa shape index (κ1) is 23.0. The van der Waals surface area contributed by atoms with Gasteiger partial charge < -0.3 is 0 Å². The van der Waals surface area contributed by atoms with Crippen molar-refractivity contribution in [3.63, 3.8) is 0 Å². The van der Waals surface area contributed by atoms with Crippen LogP contribution in [0.4, 0.5) is 0 Å². The molecule has 2 heterocycles. The molecule has 0 unspecified atom stereocenters. The van der Waals surface area contributed by atoms with Gasteiger partial charge in [-0.05, 0) is 42.5 Å². The fourth-order valence-electron chi connectivity index (χ4n) is 5.20. The Bertz CT molecular complexity index is 1990. The van der Waals surface area contributed by atoms with Crippen LogP contribution >= 0.6 is 0 Å². The van der Waals surface area contributed by atoms with Crippen LogP contribution in [0.3, 0.4) is 0 Å². The van der Waals surface area contributed by atoms with E-state index in [0.717, 1.165) is 51.5 Å². The predicted octanol–water partition coefficient (Wildman–Crippen LogP) is 7.40. The Morgan fingerprint density at radius 3 is 2.05 bits per heavy atom. The minimum Gasteiger partial charge on any atom is -0.276 e. The number of benzene rings is 4. The van der Waals surface area contributed by atoms with E-state index in [1.54, 1.807) is 4.57 Å². The molecule has 0 saturated heterocycles. The summed E-state index contributed by atoms with van der Waals surface area (Å²) in [4.78, 5) is 28.4. The average molecular weight is 505 g/mol. The molecule has 0 aliphatic heterocycles. The van der Waals surface area contributed by atoms with Gasteiger partial charge in [0.2, 0.25) is 0 Å². The zero-order valence-electron chi connectivity index (χ0n) is 21.2. The Morgan fingerprint density at radius 1 is 0.590 bits per heavy atom. The maximum Gasteiger partial charge on any atom is 0.263 e. The predicted molar refractivity (Wildman–Crippen MR) is 158 cm³/mol. The van der Waals surface area contributed by atoms with Crippen LogP contribution in [0.5, 0.6) is 0 Å². The number of rotatable bonds is 4. The fraction of sp³-hybridized carbons (Fsp3) is 0.0588. The van der Waals surface area contributed by atoms with E-state index in [-0.39, 0.29) is 5.56 Å². The number of pyridine rings is 1. The molecule has 1 aliphatic carbocycles. The maximum absolute atomic E-state index is 13.8. The van der Waals surface area contributed by atoms with Gasteiger partial charge in [-0.3, -0.25) is 9.36 Å². The summed E-state index contributed by atoms with van der Waals surface area (Å²) >= 11 is 0. The molecular formula is C34H24N4O. The van der Waals surface area contributed by atoms with Crippen LogP contribution in [0.2, 0.25) is 0 Å². The van der Waals surface area contributed by atoms with Gasteiger partial charge in [-0.25, -0.2) is 15.0 Å². The summed E-state index contributed by atoms with van der Waals surface area (Å²) in [7, 11) is 0. The Hall–Kier alpha value is -5.16. The molecule has 4 aromatic carbocycles. The normalized spacial score (nSPS) is 13.1. The molecule has 0 saturated carbocycles. The maximum atomic E-state index is 13.8. The second kappa shape index (κ2) is 9.62. The van der Waals surface area contributed by atoms with E-state index in [1.165, 1.54) is 0 Å². The number of fused-ring (bicyclic) bond motifs is 3.